The Bertz CT molecular complexity index is 438. The van der Waals surface area contributed by atoms with E-state index in [4.69, 9.17) is 4.74 Å². The van der Waals surface area contributed by atoms with Gasteiger partial charge in [0.25, 0.3) is 5.91 Å². The molecule has 0 heterocycles. The van der Waals surface area contributed by atoms with Crippen LogP contribution < -0.4 is 4.74 Å². The number of benzene rings is 1. The lowest BCUT2D eigenvalue weighted by molar-refractivity contribution is -0.133. The summed E-state index contributed by atoms with van der Waals surface area (Å²) in [5.74, 6) is 0.913. The van der Waals surface area contributed by atoms with Crippen molar-refractivity contribution in [2.45, 2.75) is 39.7 Å². The molecule has 1 amide bonds. The molecule has 0 aromatic heterocycles. The average molecular weight is 247 g/mol. The molecule has 0 aliphatic heterocycles. The smallest absolute Gasteiger partial charge is 0.260 e. The highest BCUT2D eigenvalue weighted by Crippen LogP contribution is 2.27. The van der Waals surface area contributed by atoms with Crippen molar-refractivity contribution in [3.8, 4) is 5.75 Å². The fraction of sp³-hybridized carbons (Fsp3) is 0.533. The van der Waals surface area contributed by atoms with Gasteiger partial charge in [-0.15, -0.1) is 0 Å². The highest BCUT2D eigenvalue weighted by Gasteiger charge is 2.31. The fourth-order valence-electron chi connectivity index (χ4n) is 2.13. The Hall–Kier alpha value is -1.51. The number of nitrogens with zero attached hydrogens (tertiary/aromatic N) is 1. The highest BCUT2D eigenvalue weighted by molar-refractivity contribution is 5.78. The minimum absolute atomic E-state index is 0.0981. The molecule has 1 aromatic carbocycles. The van der Waals surface area contributed by atoms with Crippen LogP contribution in [-0.2, 0) is 4.79 Å². The summed E-state index contributed by atoms with van der Waals surface area (Å²) in [6, 6.07) is 6.39. The SMILES string of the molecule is CCN(C(=O)COc1cccc(C)c1C)C1CC1. The second-order valence-electron chi connectivity index (χ2n) is 4.90. The zero-order valence-corrected chi connectivity index (χ0v) is 11.4. The number of hydrogen-bond donors (Lipinski definition) is 0. The van der Waals surface area contributed by atoms with Crippen LogP contribution in [0, 0.1) is 13.8 Å². The molecule has 1 aliphatic rings. The quantitative estimate of drug-likeness (QED) is 0.800. The van der Waals surface area contributed by atoms with Gasteiger partial charge in [-0.25, -0.2) is 0 Å². The molecule has 1 aliphatic carbocycles. The molecule has 3 nitrogen and oxygen atoms in total. The summed E-state index contributed by atoms with van der Waals surface area (Å²) < 4.78 is 5.65. The van der Waals surface area contributed by atoms with Crippen LogP contribution in [0.2, 0.25) is 0 Å². The van der Waals surface area contributed by atoms with Gasteiger partial charge in [0.2, 0.25) is 0 Å². The summed E-state index contributed by atoms with van der Waals surface area (Å²) >= 11 is 0. The maximum Gasteiger partial charge on any atom is 0.260 e. The Morgan fingerprint density at radius 3 is 2.72 bits per heavy atom. The second-order valence-corrected chi connectivity index (χ2v) is 4.90. The molecule has 1 fully saturated rings. The molecule has 2 rings (SSSR count). The Morgan fingerprint density at radius 1 is 1.39 bits per heavy atom. The highest BCUT2D eigenvalue weighted by atomic mass is 16.5. The zero-order valence-electron chi connectivity index (χ0n) is 11.4. The van der Waals surface area contributed by atoms with Crippen molar-refractivity contribution >= 4 is 5.91 Å². The van der Waals surface area contributed by atoms with Crippen molar-refractivity contribution in [2.75, 3.05) is 13.2 Å². The lowest BCUT2D eigenvalue weighted by atomic mass is 10.1. The van der Waals surface area contributed by atoms with Gasteiger partial charge >= 0.3 is 0 Å². The van der Waals surface area contributed by atoms with Crippen LogP contribution in [0.15, 0.2) is 18.2 Å². The lowest BCUT2D eigenvalue weighted by Gasteiger charge is -2.20. The van der Waals surface area contributed by atoms with Crippen molar-refractivity contribution in [3.63, 3.8) is 0 Å². The number of carbonyl (C=O) groups excluding carboxylic acids is 1. The van der Waals surface area contributed by atoms with Crippen LogP contribution in [0.4, 0.5) is 0 Å². The van der Waals surface area contributed by atoms with E-state index in [1.165, 1.54) is 5.56 Å². The van der Waals surface area contributed by atoms with E-state index in [1.54, 1.807) is 0 Å². The molecule has 0 saturated heterocycles. The number of rotatable bonds is 5. The molecule has 1 saturated carbocycles. The van der Waals surface area contributed by atoms with Gasteiger partial charge in [0.05, 0.1) is 0 Å². The van der Waals surface area contributed by atoms with Crippen LogP contribution in [0.5, 0.6) is 5.75 Å². The molecular formula is C15H21NO2. The normalized spacial score (nSPS) is 14.4. The molecule has 0 spiro atoms. The van der Waals surface area contributed by atoms with Gasteiger partial charge in [-0.05, 0) is 50.8 Å². The number of hydrogen-bond acceptors (Lipinski definition) is 2. The third-order valence-electron chi connectivity index (χ3n) is 3.55. The largest absolute Gasteiger partial charge is 0.483 e. The maximum absolute atomic E-state index is 12.0. The number of amides is 1. The Morgan fingerprint density at radius 2 is 2.11 bits per heavy atom. The topological polar surface area (TPSA) is 29.5 Å². The van der Waals surface area contributed by atoms with Crippen molar-refractivity contribution < 1.29 is 9.53 Å². The van der Waals surface area contributed by atoms with E-state index in [0.29, 0.717) is 6.04 Å². The molecule has 0 unspecified atom stereocenters. The van der Waals surface area contributed by atoms with Gasteiger partial charge in [-0.1, -0.05) is 12.1 Å². The molecule has 0 N–H and O–H groups in total. The zero-order chi connectivity index (χ0) is 13.1. The fourth-order valence-corrected chi connectivity index (χ4v) is 2.13. The van der Waals surface area contributed by atoms with Crippen molar-refractivity contribution in [2.24, 2.45) is 0 Å². The summed E-state index contributed by atoms with van der Waals surface area (Å²) in [5, 5.41) is 0. The molecule has 18 heavy (non-hydrogen) atoms. The van der Waals surface area contributed by atoms with Gasteiger partial charge in [0, 0.05) is 12.6 Å². The second kappa shape index (κ2) is 5.42. The average Bonchev–Trinajstić information content (AvgIpc) is 3.16. The first-order chi connectivity index (χ1) is 8.63. The number of aryl methyl sites for hydroxylation is 1. The molecule has 0 bridgehead atoms. The molecule has 0 atom stereocenters. The number of carbonyl (C=O) groups is 1. The predicted octanol–water partition coefficient (Wildman–Crippen LogP) is 2.69. The van der Waals surface area contributed by atoms with E-state index in [9.17, 15) is 4.79 Å². The van der Waals surface area contributed by atoms with E-state index in [-0.39, 0.29) is 12.5 Å². The summed E-state index contributed by atoms with van der Waals surface area (Å²) in [6.45, 7) is 7.02. The van der Waals surface area contributed by atoms with Crippen LogP contribution in [-0.4, -0.2) is 30.0 Å². The van der Waals surface area contributed by atoms with E-state index < -0.39 is 0 Å². The molecule has 0 radical (unpaired) electrons. The van der Waals surface area contributed by atoms with Crippen LogP contribution in [0.1, 0.15) is 30.9 Å². The van der Waals surface area contributed by atoms with Gasteiger partial charge in [-0.3, -0.25) is 4.79 Å². The van der Waals surface area contributed by atoms with Crippen molar-refractivity contribution in [1.29, 1.82) is 0 Å². The third-order valence-corrected chi connectivity index (χ3v) is 3.55. The molecule has 1 aromatic rings. The minimum atomic E-state index is 0.0981. The standard InChI is InChI=1S/C15H21NO2/c1-4-16(13-8-9-13)15(17)10-18-14-7-5-6-11(2)12(14)3/h5-7,13H,4,8-10H2,1-3H3. The molecule has 98 valence electrons. The van der Waals surface area contributed by atoms with Crippen LogP contribution in [0.25, 0.3) is 0 Å². The lowest BCUT2D eigenvalue weighted by Crippen LogP contribution is -2.36. The van der Waals surface area contributed by atoms with Crippen LogP contribution in [0.3, 0.4) is 0 Å². The third kappa shape index (κ3) is 2.84. The summed E-state index contributed by atoms with van der Waals surface area (Å²) in [5.41, 5.74) is 2.30. The van der Waals surface area contributed by atoms with E-state index in [2.05, 4.69) is 0 Å². The first kappa shape index (κ1) is 12.9. The Labute approximate surface area is 109 Å². The summed E-state index contributed by atoms with van der Waals surface area (Å²) in [4.78, 5) is 13.9. The molecular weight excluding hydrogens is 226 g/mol. The first-order valence-corrected chi connectivity index (χ1v) is 6.62. The monoisotopic (exact) mass is 247 g/mol. The first-order valence-electron chi connectivity index (χ1n) is 6.62. The maximum atomic E-state index is 12.0. The number of ether oxygens (including phenoxy) is 1. The van der Waals surface area contributed by atoms with Gasteiger partial charge in [-0.2, -0.15) is 0 Å². The number of likely N-dealkylation sites (N-methyl/N-ethyl adjacent to an activating group) is 1. The van der Waals surface area contributed by atoms with E-state index >= 15 is 0 Å². The van der Waals surface area contributed by atoms with Crippen LogP contribution >= 0.6 is 0 Å². The van der Waals surface area contributed by atoms with E-state index in [0.717, 1.165) is 30.7 Å². The van der Waals surface area contributed by atoms with Gasteiger partial charge < -0.3 is 9.64 Å². The van der Waals surface area contributed by atoms with E-state index in [1.807, 2.05) is 43.9 Å². The minimum Gasteiger partial charge on any atom is -0.483 e. The van der Waals surface area contributed by atoms with Gasteiger partial charge in [0.15, 0.2) is 6.61 Å². The summed E-state index contributed by atoms with van der Waals surface area (Å²) in [6.07, 6.45) is 2.28. The van der Waals surface area contributed by atoms with Crippen molar-refractivity contribution in [1.82, 2.24) is 4.90 Å². The predicted molar refractivity (Wildman–Crippen MR) is 71.8 cm³/mol. The Kier molecular flexibility index (Phi) is 3.90. The summed E-state index contributed by atoms with van der Waals surface area (Å²) in [7, 11) is 0. The molecule has 3 heteroatoms. The Balaban J connectivity index is 1.94. The van der Waals surface area contributed by atoms with Gasteiger partial charge in [0.1, 0.15) is 5.75 Å². The van der Waals surface area contributed by atoms with Crippen molar-refractivity contribution in [3.05, 3.63) is 29.3 Å².